The van der Waals surface area contributed by atoms with E-state index in [1.165, 1.54) is 6.33 Å². The lowest BCUT2D eigenvalue weighted by molar-refractivity contribution is 0.0458. The third kappa shape index (κ3) is 2.87. The fourth-order valence-corrected chi connectivity index (χ4v) is 2.52. The summed E-state index contributed by atoms with van der Waals surface area (Å²) in [6.07, 6.45) is 3.95. The van der Waals surface area contributed by atoms with Gasteiger partial charge in [-0.05, 0) is 35.7 Å². The molecule has 1 aromatic heterocycles. The quantitative estimate of drug-likeness (QED) is 0.922. The molecule has 94 valence electrons. The molecule has 0 atom stereocenters. The van der Waals surface area contributed by atoms with Crippen molar-refractivity contribution in [1.82, 2.24) is 9.97 Å². The van der Waals surface area contributed by atoms with E-state index in [-0.39, 0.29) is 0 Å². The van der Waals surface area contributed by atoms with Gasteiger partial charge in [-0.3, -0.25) is 0 Å². The van der Waals surface area contributed by atoms with E-state index >= 15 is 0 Å². The van der Waals surface area contributed by atoms with Gasteiger partial charge >= 0.3 is 0 Å². The number of nitrogens with two attached hydrogens (primary N) is 1. The summed E-state index contributed by atoms with van der Waals surface area (Å²) in [7, 11) is 0. The van der Waals surface area contributed by atoms with Gasteiger partial charge in [0.2, 0.25) is 0 Å². The van der Waals surface area contributed by atoms with Crippen LogP contribution in [0.15, 0.2) is 10.8 Å². The number of aromatic nitrogens is 2. The van der Waals surface area contributed by atoms with Gasteiger partial charge in [0, 0.05) is 19.7 Å². The maximum absolute atomic E-state index is 5.75. The van der Waals surface area contributed by atoms with Crippen LogP contribution in [-0.4, -0.2) is 35.8 Å². The summed E-state index contributed by atoms with van der Waals surface area (Å²) in [6, 6.07) is 0. The van der Waals surface area contributed by atoms with E-state index in [2.05, 4.69) is 30.8 Å². The van der Waals surface area contributed by atoms with Gasteiger partial charge in [-0.15, -0.1) is 0 Å². The first kappa shape index (κ1) is 12.6. The van der Waals surface area contributed by atoms with E-state index in [0.717, 1.165) is 42.8 Å². The highest BCUT2D eigenvalue weighted by Gasteiger charge is 2.22. The Balaban J connectivity index is 2.03. The molecule has 0 aliphatic carbocycles. The first-order valence-electron chi connectivity index (χ1n) is 5.85. The van der Waals surface area contributed by atoms with Crippen LogP contribution >= 0.6 is 15.9 Å². The zero-order chi connectivity index (χ0) is 12.3. The average Bonchev–Trinajstić information content (AvgIpc) is 2.34. The second-order valence-electron chi connectivity index (χ2n) is 4.04. The molecule has 1 aliphatic heterocycles. The van der Waals surface area contributed by atoms with E-state index in [0.29, 0.717) is 11.9 Å². The first-order chi connectivity index (χ1) is 8.22. The van der Waals surface area contributed by atoms with Crippen LogP contribution < -0.4 is 10.6 Å². The van der Waals surface area contributed by atoms with Crippen molar-refractivity contribution in [3.05, 3.63) is 10.8 Å². The van der Waals surface area contributed by atoms with Crippen molar-refractivity contribution in [1.29, 1.82) is 0 Å². The van der Waals surface area contributed by atoms with Gasteiger partial charge in [-0.1, -0.05) is 0 Å². The molecule has 2 N–H and O–H groups in total. The molecular weight excluding hydrogens is 284 g/mol. The van der Waals surface area contributed by atoms with Crippen LogP contribution in [0.4, 0.5) is 11.6 Å². The fraction of sp³-hybridized carbons (Fsp3) is 0.636. The maximum atomic E-state index is 5.75. The number of ether oxygens (including phenoxy) is 1. The van der Waals surface area contributed by atoms with Crippen molar-refractivity contribution >= 4 is 27.6 Å². The molecule has 0 spiro atoms. The van der Waals surface area contributed by atoms with E-state index in [9.17, 15) is 0 Å². The molecule has 1 saturated heterocycles. The molecular formula is C11H17BrN4O. The summed E-state index contributed by atoms with van der Waals surface area (Å²) in [5.41, 5.74) is 5.75. The van der Waals surface area contributed by atoms with Crippen molar-refractivity contribution in [2.75, 3.05) is 30.3 Å². The monoisotopic (exact) mass is 300 g/mol. The SMILES string of the molecule is CCOC1CCN(c2ncnc(N)c2Br)CC1. The molecule has 2 rings (SSSR count). The van der Waals surface area contributed by atoms with Crippen molar-refractivity contribution < 1.29 is 4.74 Å². The lowest BCUT2D eigenvalue weighted by atomic mass is 10.1. The molecule has 0 saturated carbocycles. The Hall–Kier alpha value is -0.880. The summed E-state index contributed by atoms with van der Waals surface area (Å²) >= 11 is 3.44. The van der Waals surface area contributed by atoms with Crippen molar-refractivity contribution in [3.63, 3.8) is 0 Å². The fourth-order valence-electron chi connectivity index (χ4n) is 2.06. The lowest BCUT2D eigenvalue weighted by Gasteiger charge is -2.33. The molecule has 2 heterocycles. The van der Waals surface area contributed by atoms with Crippen LogP contribution in [-0.2, 0) is 4.74 Å². The van der Waals surface area contributed by atoms with E-state index in [4.69, 9.17) is 10.5 Å². The number of rotatable bonds is 3. The molecule has 0 unspecified atom stereocenters. The molecule has 1 aliphatic rings. The van der Waals surface area contributed by atoms with Crippen molar-refractivity contribution in [3.8, 4) is 0 Å². The molecule has 0 amide bonds. The van der Waals surface area contributed by atoms with E-state index in [1.54, 1.807) is 0 Å². The highest BCUT2D eigenvalue weighted by Crippen LogP contribution is 2.29. The molecule has 0 bridgehead atoms. The predicted octanol–water partition coefficient (Wildman–Crippen LogP) is 1.83. The van der Waals surface area contributed by atoms with Gasteiger partial charge < -0.3 is 15.4 Å². The minimum atomic E-state index is 0.384. The average molecular weight is 301 g/mol. The Bertz CT molecular complexity index is 380. The summed E-state index contributed by atoms with van der Waals surface area (Å²) in [4.78, 5) is 10.4. The molecule has 6 heteroatoms. The van der Waals surface area contributed by atoms with E-state index in [1.807, 2.05) is 6.92 Å². The molecule has 1 aromatic rings. The van der Waals surface area contributed by atoms with Crippen molar-refractivity contribution in [2.45, 2.75) is 25.9 Å². The maximum Gasteiger partial charge on any atom is 0.148 e. The summed E-state index contributed by atoms with van der Waals surface area (Å²) in [5, 5.41) is 0. The Morgan fingerprint density at radius 3 is 2.82 bits per heavy atom. The zero-order valence-electron chi connectivity index (χ0n) is 9.90. The van der Waals surface area contributed by atoms with Crippen LogP contribution in [0.3, 0.4) is 0 Å². The Morgan fingerprint density at radius 2 is 2.18 bits per heavy atom. The minimum Gasteiger partial charge on any atom is -0.383 e. The standard InChI is InChI=1S/C11H17BrN4O/c1-2-17-8-3-5-16(6-4-8)11-9(12)10(13)14-7-15-11/h7-8H,2-6H2,1H3,(H2,13,14,15). The number of anilines is 2. The third-order valence-electron chi connectivity index (χ3n) is 2.94. The highest BCUT2D eigenvalue weighted by atomic mass is 79.9. The number of nitrogen functional groups attached to an aromatic ring is 1. The smallest absolute Gasteiger partial charge is 0.148 e. The number of nitrogens with zero attached hydrogens (tertiary/aromatic N) is 3. The van der Waals surface area contributed by atoms with Crippen LogP contribution in [0, 0.1) is 0 Å². The summed E-state index contributed by atoms with van der Waals surface area (Å²) < 4.78 is 6.41. The number of hydrogen-bond acceptors (Lipinski definition) is 5. The highest BCUT2D eigenvalue weighted by molar-refractivity contribution is 9.10. The van der Waals surface area contributed by atoms with Gasteiger partial charge in [0.05, 0.1) is 6.10 Å². The molecule has 0 radical (unpaired) electrons. The molecule has 17 heavy (non-hydrogen) atoms. The van der Waals surface area contributed by atoms with Crippen molar-refractivity contribution in [2.24, 2.45) is 0 Å². The topological polar surface area (TPSA) is 64.3 Å². The Morgan fingerprint density at radius 1 is 1.47 bits per heavy atom. The number of hydrogen-bond donors (Lipinski definition) is 1. The van der Waals surface area contributed by atoms with E-state index < -0.39 is 0 Å². The summed E-state index contributed by atoms with van der Waals surface area (Å²) in [6.45, 7) is 4.71. The number of piperidine rings is 1. The van der Waals surface area contributed by atoms with Gasteiger partial charge in [0.15, 0.2) is 0 Å². The van der Waals surface area contributed by atoms with Crippen LogP contribution in [0.25, 0.3) is 0 Å². The zero-order valence-corrected chi connectivity index (χ0v) is 11.5. The van der Waals surface area contributed by atoms with Crippen LogP contribution in [0.5, 0.6) is 0 Å². The largest absolute Gasteiger partial charge is 0.383 e. The minimum absolute atomic E-state index is 0.384. The van der Waals surface area contributed by atoms with Crippen LogP contribution in [0.1, 0.15) is 19.8 Å². The third-order valence-corrected chi connectivity index (χ3v) is 3.70. The van der Waals surface area contributed by atoms with Gasteiger partial charge in [-0.2, -0.15) is 0 Å². The van der Waals surface area contributed by atoms with Crippen LogP contribution in [0.2, 0.25) is 0 Å². The lowest BCUT2D eigenvalue weighted by Crippen LogP contribution is -2.37. The Kier molecular flexibility index (Phi) is 4.17. The first-order valence-corrected chi connectivity index (χ1v) is 6.64. The molecule has 0 aromatic carbocycles. The predicted molar refractivity (Wildman–Crippen MR) is 71.0 cm³/mol. The second-order valence-corrected chi connectivity index (χ2v) is 4.83. The molecule has 1 fully saturated rings. The van der Waals surface area contributed by atoms with Gasteiger partial charge in [0.25, 0.3) is 0 Å². The Labute approximate surface area is 110 Å². The summed E-state index contributed by atoms with van der Waals surface area (Å²) in [5.74, 6) is 1.37. The number of halogens is 1. The second kappa shape index (κ2) is 5.64. The van der Waals surface area contributed by atoms with Gasteiger partial charge in [-0.25, -0.2) is 9.97 Å². The molecule has 5 nitrogen and oxygen atoms in total. The van der Waals surface area contributed by atoms with Gasteiger partial charge in [0.1, 0.15) is 22.4 Å². The normalized spacial score (nSPS) is 17.4.